The van der Waals surface area contributed by atoms with Gasteiger partial charge in [0.2, 0.25) is 0 Å². The normalized spacial score (nSPS) is 10.1. The predicted octanol–water partition coefficient (Wildman–Crippen LogP) is 1.10. The van der Waals surface area contributed by atoms with Crippen molar-refractivity contribution in [3.05, 3.63) is 34.2 Å². The molecule has 0 aliphatic heterocycles. The summed E-state index contributed by atoms with van der Waals surface area (Å²) in [5.74, 6) is 0. The summed E-state index contributed by atoms with van der Waals surface area (Å²) in [6.07, 6.45) is 0. The Kier molecular flexibility index (Phi) is 0.986. The van der Waals surface area contributed by atoms with Crippen molar-refractivity contribution in [1.29, 1.82) is 5.26 Å². The van der Waals surface area contributed by atoms with E-state index >= 15 is 0 Å². The molecule has 52 valence electrons. The van der Waals surface area contributed by atoms with Crippen LogP contribution in [0.1, 0.15) is 5.56 Å². The molecule has 2 aromatic heterocycles. The molecular formula is C8H3NO2. The Hall–Kier alpha value is -1.82. The smallest absolute Gasteiger partial charge is 0.343 e. The largest absolute Gasteiger partial charge is 0.422 e. The van der Waals surface area contributed by atoms with Gasteiger partial charge in [0.15, 0.2) is 0 Å². The zero-order valence-corrected chi connectivity index (χ0v) is 5.50. The lowest BCUT2D eigenvalue weighted by Gasteiger charge is -1.96. The number of nitrogens with zero attached hydrogens (tertiary/aromatic N) is 1. The first-order chi connectivity index (χ1) is 5.31. The van der Waals surface area contributed by atoms with Crippen LogP contribution in [0.4, 0.5) is 0 Å². The summed E-state index contributed by atoms with van der Waals surface area (Å²) in [5.41, 5.74) is 0.399. The zero-order valence-electron chi connectivity index (χ0n) is 5.50. The van der Waals surface area contributed by atoms with Crippen molar-refractivity contribution in [3.63, 3.8) is 0 Å². The van der Waals surface area contributed by atoms with Gasteiger partial charge in [0.05, 0.1) is 10.9 Å². The van der Waals surface area contributed by atoms with Gasteiger partial charge < -0.3 is 4.42 Å². The van der Waals surface area contributed by atoms with E-state index in [1.807, 2.05) is 6.07 Å². The van der Waals surface area contributed by atoms with Crippen LogP contribution in [0.25, 0.3) is 11.0 Å². The Morgan fingerprint density at radius 1 is 1.45 bits per heavy atom. The highest BCUT2D eigenvalue weighted by Crippen LogP contribution is 2.12. The fourth-order valence-corrected chi connectivity index (χ4v) is 0.992. The van der Waals surface area contributed by atoms with Crippen molar-refractivity contribution >= 4 is 11.0 Å². The molecule has 0 aliphatic rings. The molecule has 2 heterocycles. The van der Waals surface area contributed by atoms with Gasteiger partial charge >= 0.3 is 5.63 Å². The van der Waals surface area contributed by atoms with E-state index in [1.54, 1.807) is 12.1 Å². The number of benzene rings is 1. The summed E-state index contributed by atoms with van der Waals surface area (Å²) in [6.45, 7) is 0. The van der Waals surface area contributed by atoms with Gasteiger partial charge in [-0.2, -0.15) is 5.26 Å². The van der Waals surface area contributed by atoms with Gasteiger partial charge in [0.25, 0.3) is 0 Å². The average molecular weight is 145 g/mol. The van der Waals surface area contributed by atoms with Crippen molar-refractivity contribution < 1.29 is 4.42 Å². The molecular weight excluding hydrogens is 142 g/mol. The van der Waals surface area contributed by atoms with Crippen molar-refractivity contribution in [2.75, 3.05) is 0 Å². The van der Waals surface area contributed by atoms with E-state index in [0.29, 0.717) is 16.5 Å². The molecule has 1 aromatic carbocycles. The molecule has 0 atom stereocenters. The molecule has 11 heavy (non-hydrogen) atoms. The molecule has 0 radical (unpaired) electrons. The highest BCUT2D eigenvalue weighted by molar-refractivity contribution is 5.68. The molecule has 0 amide bonds. The Morgan fingerprint density at radius 3 is 2.73 bits per heavy atom. The van der Waals surface area contributed by atoms with Crippen LogP contribution in [0.3, 0.4) is 0 Å². The molecule has 0 fully saturated rings. The highest BCUT2D eigenvalue weighted by Gasteiger charge is 2.04. The quantitative estimate of drug-likeness (QED) is 0.557. The van der Waals surface area contributed by atoms with E-state index in [0.717, 1.165) is 0 Å². The van der Waals surface area contributed by atoms with E-state index in [9.17, 15) is 4.79 Å². The van der Waals surface area contributed by atoms with Gasteiger partial charge in [0, 0.05) is 0 Å². The van der Waals surface area contributed by atoms with Crippen LogP contribution in [-0.2, 0) is 0 Å². The fourth-order valence-electron chi connectivity index (χ4n) is 0.992. The summed E-state index contributed by atoms with van der Waals surface area (Å²) >= 11 is 0. The molecule has 0 saturated heterocycles. The lowest BCUT2D eigenvalue weighted by atomic mass is 10.1. The first-order valence-corrected chi connectivity index (χ1v) is 3.07. The summed E-state index contributed by atoms with van der Waals surface area (Å²) in [6, 6.07) is 6.72. The van der Waals surface area contributed by atoms with E-state index in [-0.39, 0.29) is 5.63 Å². The minimum absolute atomic E-state index is 0.354. The van der Waals surface area contributed by atoms with Crippen LogP contribution in [-0.4, -0.2) is 0 Å². The standard InChI is InChI=1S/C8H3NO2/c9-4-6-3-5-1-2-7(6)11-8(5)10/h1-3H. The monoisotopic (exact) mass is 145 g/mol. The van der Waals surface area contributed by atoms with E-state index in [1.165, 1.54) is 6.07 Å². The Morgan fingerprint density at radius 2 is 2.27 bits per heavy atom. The molecule has 2 bridgehead atoms. The van der Waals surface area contributed by atoms with Crippen LogP contribution in [0.2, 0.25) is 0 Å². The first kappa shape index (κ1) is 5.93. The Bertz CT molecular complexity index is 478. The molecule has 0 aliphatic carbocycles. The van der Waals surface area contributed by atoms with Crippen molar-refractivity contribution in [2.24, 2.45) is 0 Å². The minimum atomic E-state index is -0.374. The SMILES string of the molecule is N#Cc1cc2ccc1oc2=O. The molecule has 0 N–H and O–H groups in total. The minimum Gasteiger partial charge on any atom is -0.422 e. The summed E-state index contributed by atoms with van der Waals surface area (Å²) < 4.78 is 4.75. The lowest BCUT2D eigenvalue weighted by Crippen LogP contribution is -2.00. The van der Waals surface area contributed by atoms with Crippen LogP contribution in [0.15, 0.2) is 27.4 Å². The molecule has 3 aromatic rings. The maximum absolute atomic E-state index is 10.8. The third-order valence-corrected chi connectivity index (χ3v) is 1.54. The van der Waals surface area contributed by atoms with Gasteiger partial charge in [-0.3, -0.25) is 0 Å². The Labute approximate surface area is 61.8 Å². The summed E-state index contributed by atoms with van der Waals surface area (Å²) in [5, 5.41) is 8.96. The second kappa shape index (κ2) is 1.83. The third-order valence-electron chi connectivity index (χ3n) is 1.54. The number of fused-ring (bicyclic) bond motifs is 3. The van der Waals surface area contributed by atoms with Crippen LogP contribution in [0.5, 0.6) is 0 Å². The van der Waals surface area contributed by atoms with Crippen molar-refractivity contribution in [2.45, 2.75) is 0 Å². The van der Waals surface area contributed by atoms with Crippen LogP contribution < -0.4 is 5.63 Å². The Balaban J connectivity index is 3.01. The van der Waals surface area contributed by atoms with Gasteiger partial charge in [0.1, 0.15) is 11.7 Å². The second-order valence-corrected chi connectivity index (χ2v) is 2.21. The van der Waals surface area contributed by atoms with Gasteiger partial charge in [-0.1, -0.05) is 0 Å². The van der Waals surface area contributed by atoms with E-state index < -0.39 is 0 Å². The maximum Gasteiger partial charge on any atom is 0.343 e. The van der Waals surface area contributed by atoms with E-state index in [2.05, 4.69) is 0 Å². The first-order valence-electron chi connectivity index (χ1n) is 3.07. The molecule has 3 heteroatoms. The van der Waals surface area contributed by atoms with Crippen molar-refractivity contribution in [1.82, 2.24) is 0 Å². The van der Waals surface area contributed by atoms with Gasteiger partial charge in [-0.15, -0.1) is 0 Å². The van der Waals surface area contributed by atoms with Crippen LogP contribution in [0, 0.1) is 11.3 Å². The number of hydrogen-bond acceptors (Lipinski definition) is 3. The van der Waals surface area contributed by atoms with E-state index in [4.69, 9.17) is 9.68 Å². The molecule has 0 spiro atoms. The fraction of sp³-hybridized carbons (Fsp3) is 0. The van der Waals surface area contributed by atoms with Crippen LogP contribution >= 0.6 is 0 Å². The molecule has 0 unspecified atom stereocenters. The molecule has 0 saturated carbocycles. The summed E-state index contributed by atoms with van der Waals surface area (Å²) in [7, 11) is 0. The maximum atomic E-state index is 10.8. The topological polar surface area (TPSA) is 54.0 Å². The lowest BCUT2D eigenvalue weighted by molar-refractivity contribution is 0.561. The average Bonchev–Trinajstić information content (AvgIpc) is 2.05. The second-order valence-electron chi connectivity index (χ2n) is 2.21. The van der Waals surface area contributed by atoms with Gasteiger partial charge in [-0.05, 0) is 18.2 Å². The summed E-state index contributed by atoms with van der Waals surface area (Å²) in [4.78, 5) is 10.8. The van der Waals surface area contributed by atoms with Gasteiger partial charge in [-0.25, -0.2) is 4.79 Å². The molecule has 3 nitrogen and oxygen atoms in total. The zero-order chi connectivity index (χ0) is 7.84. The molecule has 3 rings (SSSR count). The number of nitriles is 1. The highest BCUT2D eigenvalue weighted by atomic mass is 16.4. The predicted molar refractivity (Wildman–Crippen MR) is 38.4 cm³/mol. The number of rotatable bonds is 0. The third kappa shape index (κ3) is 0.696. The number of hydrogen-bond donors (Lipinski definition) is 0. The van der Waals surface area contributed by atoms with Crippen molar-refractivity contribution in [3.8, 4) is 6.07 Å².